The van der Waals surface area contributed by atoms with E-state index in [-0.39, 0.29) is 0 Å². The highest BCUT2D eigenvalue weighted by molar-refractivity contribution is 4.88. The molecule has 1 aliphatic carbocycles. The Hall–Kier alpha value is -0.120. The molecule has 0 spiro atoms. The summed E-state index contributed by atoms with van der Waals surface area (Å²) in [5.74, 6) is 0. The SMILES string of the molecule is CC(C)N(CC1CCCN1)CC1(O)CCCCC1. The molecule has 2 fully saturated rings. The van der Waals surface area contributed by atoms with Crippen LogP contribution in [0.25, 0.3) is 0 Å². The van der Waals surface area contributed by atoms with Crippen LogP contribution in [0.5, 0.6) is 0 Å². The van der Waals surface area contributed by atoms with Gasteiger partial charge in [-0.05, 0) is 46.1 Å². The summed E-state index contributed by atoms with van der Waals surface area (Å²) in [4.78, 5) is 2.48. The first-order valence-electron chi connectivity index (χ1n) is 7.79. The summed E-state index contributed by atoms with van der Waals surface area (Å²) >= 11 is 0. The molecule has 18 heavy (non-hydrogen) atoms. The minimum atomic E-state index is -0.416. The van der Waals surface area contributed by atoms with Gasteiger partial charge in [0.15, 0.2) is 0 Å². The van der Waals surface area contributed by atoms with Gasteiger partial charge in [-0.25, -0.2) is 0 Å². The molecule has 0 radical (unpaired) electrons. The van der Waals surface area contributed by atoms with Gasteiger partial charge in [0.2, 0.25) is 0 Å². The van der Waals surface area contributed by atoms with Gasteiger partial charge in [-0.15, -0.1) is 0 Å². The van der Waals surface area contributed by atoms with Crippen LogP contribution < -0.4 is 5.32 Å². The zero-order chi connectivity index (χ0) is 13.0. The van der Waals surface area contributed by atoms with E-state index in [1.807, 2.05) is 0 Å². The van der Waals surface area contributed by atoms with Crippen molar-refractivity contribution in [1.82, 2.24) is 10.2 Å². The third kappa shape index (κ3) is 3.94. The number of hydrogen-bond acceptors (Lipinski definition) is 3. The van der Waals surface area contributed by atoms with Gasteiger partial charge in [0.05, 0.1) is 5.60 Å². The quantitative estimate of drug-likeness (QED) is 0.789. The molecule has 106 valence electrons. The Bertz CT molecular complexity index is 243. The first-order valence-corrected chi connectivity index (χ1v) is 7.79. The highest BCUT2D eigenvalue weighted by Gasteiger charge is 2.33. The summed E-state index contributed by atoms with van der Waals surface area (Å²) < 4.78 is 0. The molecule has 2 rings (SSSR count). The van der Waals surface area contributed by atoms with Crippen molar-refractivity contribution in [2.24, 2.45) is 0 Å². The molecule has 0 bridgehead atoms. The minimum Gasteiger partial charge on any atom is -0.389 e. The van der Waals surface area contributed by atoms with Gasteiger partial charge in [-0.2, -0.15) is 0 Å². The summed E-state index contributed by atoms with van der Waals surface area (Å²) in [6.07, 6.45) is 8.29. The number of rotatable bonds is 5. The summed E-state index contributed by atoms with van der Waals surface area (Å²) in [6.45, 7) is 7.63. The van der Waals surface area contributed by atoms with E-state index in [9.17, 15) is 5.11 Å². The van der Waals surface area contributed by atoms with E-state index < -0.39 is 5.60 Å². The molecule has 1 atom stereocenters. The fourth-order valence-corrected chi connectivity index (χ4v) is 3.40. The molecule has 0 aromatic rings. The summed E-state index contributed by atoms with van der Waals surface area (Å²) in [5.41, 5.74) is -0.416. The zero-order valence-corrected chi connectivity index (χ0v) is 12.1. The average Bonchev–Trinajstić information content (AvgIpc) is 2.81. The number of aliphatic hydroxyl groups is 1. The molecule has 3 nitrogen and oxygen atoms in total. The van der Waals surface area contributed by atoms with Crippen molar-refractivity contribution in [1.29, 1.82) is 0 Å². The van der Waals surface area contributed by atoms with Crippen LogP contribution in [0.1, 0.15) is 58.8 Å². The largest absolute Gasteiger partial charge is 0.389 e. The second-order valence-electron chi connectivity index (χ2n) is 6.60. The molecule has 1 aliphatic heterocycles. The third-order valence-electron chi connectivity index (χ3n) is 4.63. The molecule has 1 unspecified atom stereocenters. The molecule has 1 heterocycles. The minimum absolute atomic E-state index is 0.416. The van der Waals surface area contributed by atoms with Gasteiger partial charge in [0.1, 0.15) is 0 Å². The van der Waals surface area contributed by atoms with Crippen molar-refractivity contribution >= 4 is 0 Å². The fourth-order valence-electron chi connectivity index (χ4n) is 3.40. The van der Waals surface area contributed by atoms with Crippen LogP contribution in [0.2, 0.25) is 0 Å². The molecule has 1 saturated heterocycles. The molecule has 1 saturated carbocycles. The summed E-state index contributed by atoms with van der Waals surface area (Å²) in [6, 6.07) is 1.16. The number of hydrogen-bond donors (Lipinski definition) is 2. The second-order valence-corrected chi connectivity index (χ2v) is 6.60. The predicted octanol–water partition coefficient (Wildman–Crippen LogP) is 2.14. The lowest BCUT2D eigenvalue weighted by Gasteiger charge is -2.39. The van der Waals surface area contributed by atoms with Crippen LogP contribution in [-0.2, 0) is 0 Å². The standard InChI is InChI=1S/C15H30N2O/c1-13(2)17(11-14-7-6-10-16-14)12-15(18)8-4-3-5-9-15/h13-14,16,18H,3-12H2,1-2H3. The van der Waals surface area contributed by atoms with Crippen molar-refractivity contribution in [3.63, 3.8) is 0 Å². The third-order valence-corrected chi connectivity index (χ3v) is 4.63. The van der Waals surface area contributed by atoms with E-state index in [1.165, 1.54) is 38.6 Å². The van der Waals surface area contributed by atoms with Gasteiger partial charge >= 0.3 is 0 Å². The fraction of sp³-hybridized carbons (Fsp3) is 1.00. The monoisotopic (exact) mass is 254 g/mol. The smallest absolute Gasteiger partial charge is 0.0774 e. The van der Waals surface area contributed by atoms with E-state index >= 15 is 0 Å². The first kappa shape index (κ1) is 14.3. The molecular formula is C15H30N2O. The molecular weight excluding hydrogens is 224 g/mol. The lowest BCUT2D eigenvalue weighted by atomic mass is 9.84. The van der Waals surface area contributed by atoms with Crippen LogP contribution in [0.15, 0.2) is 0 Å². The van der Waals surface area contributed by atoms with Gasteiger partial charge in [0, 0.05) is 25.2 Å². The highest BCUT2D eigenvalue weighted by Crippen LogP contribution is 2.29. The topological polar surface area (TPSA) is 35.5 Å². The Morgan fingerprint density at radius 2 is 1.94 bits per heavy atom. The van der Waals surface area contributed by atoms with Gasteiger partial charge in [-0.1, -0.05) is 19.3 Å². The maximum atomic E-state index is 10.7. The molecule has 0 aromatic heterocycles. The van der Waals surface area contributed by atoms with E-state index in [0.29, 0.717) is 12.1 Å². The van der Waals surface area contributed by atoms with Gasteiger partial charge in [0.25, 0.3) is 0 Å². The Morgan fingerprint density at radius 3 is 2.50 bits per heavy atom. The van der Waals surface area contributed by atoms with Gasteiger partial charge < -0.3 is 10.4 Å². The number of nitrogens with zero attached hydrogens (tertiary/aromatic N) is 1. The molecule has 3 heteroatoms. The molecule has 0 amide bonds. The van der Waals surface area contributed by atoms with E-state index in [1.54, 1.807) is 0 Å². The maximum absolute atomic E-state index is 10.7. The van der Waals surface area contributed by atoms with Crippen LogP contribution >= 0.6 is 0 Å². The van der Waals surface area contributed by atoms with Crippen LogP contribution in [0, 0.1) is 0 Å². The zero-order valence-electron chi connectivity index (χ0n) is 12.1. The number of nitrogens with one attached hydrogen (secondary N) is 1. The van der Waals surface area contributed by atoms with Gasteiger partial charge in [-0.3, -0.25) is 4.90 Å². The molecule has 2 N–H and O–H groups in total. The lowest BCUT2D eigenvalue weighted by Crippen LogP contribution is -2.50. The highest BCUT2D eigenvalue weighted by atomic mass is 16.3. The van der Waals surface area contributed by atoms with E-state index in [0.717, 1.165) is 25.9 Å². The predicted molar refractivity (Wildman–Crippen MR) is 75.8 cm³/mol. The molecule has 2 aliphatic rings. The first-order chi connectivity index (χ1) is 8.59. The van der Waals surface area contributed by atoms with Crippen molar-refractivity contribution in [2.45, 2.75) is 76.5 Å². The summed E-state index contributed by atoms with van der Waals surface area (Å²) in [5, 5.41) is 14.3. The Morgan fingerprint density at radius 1 is 1.22 bits per heavy atom. The van der Waals surface area contributed by atoms with Crippen LogP contribution in [-0.4, -0.2) is 47.3 Å². The second kappa shape index (κ2) is 6.36. The van der Waals surface area contributed by atoms with E-state index in [2.05, 4.69) is 24.1 Å². The Kier molecular flexibility index (Phi) is 5.05. The Labute approximate surface area is 112 Å². The normalized spacial score (nSPS) is 28.2. The van der Waals surface area contributed by atoms with Crippen molar-refractivity contribution in [3.05, 3.63) is 0 Å². The van der Waals surface area contributed by atoms with E-state index in [4.69, 9.17) is 0 Å². The maximum Gasteiger partial charge on any atom is 0.0774 e. The Balaban J connectivity index is 1.88. The van der Waals surface area contributed by atoms with Crippen molar-refractivity contribution in [3.8, 4) is 0 Å². The average molecular weight is 254 g/mol. The molecule has 0 aromatic carbocycles. The van der Waals surface area contributed by atoms with Crippen molar-refractivity contribution in [2.75, 3.05) is 19.6 Å². The summed E-state index contributed by atoms with van der Waals surface area (Å²) in [7, 11) is 0. The van der Waals surface area contributed by atoms with Crippen LogP contribution in [0.4, 0.5) is 0 Å². The van der Waals surface area contributed by atoms with Crippen molar-refractivity contribution < 1.29 is 5.11 Å². The lowest BCUT2D eigenvalue weighted by molar-refractivity contribution is -0.0344. The van der Waals surface area contributed by atoms with Crippen LogP contribution in [0.3, 0.4) is 0 Å².